The number of aliphatic imine (C=N–C) groups is 1. The van der Waals surface area contributed by atoms with Crippen LogP contribution in [0.3, 0.4) is 0 Å². The van der Waals surface area contributed by atoms with Crippen LogP contribution < -0.4 is 26.2 Å². The third-order valence-electron chi connectivity index (χ3n) is 13.2. The van der Waals surface area contributed by atoms with Gasteiger partial charge in [0.2, 0.25) is 17.8 Å². The first-order valence-corrected chi connectivity index (χ1v) is 22.3. The van der Waals surface area contributed by atoms with Crippen molar-refractivity contribution >= 4 is 53.1 Å². The molecule has 68 heavy (non-hydrogen) atoms. The second kappa shape index (κ2) is 18.9. The Hall–Kier alpha value is -7.10. The van der Waals surface area contributed by atoms with Gasteiger partial charge in [-0.05, 0) is 87.8 Å². The van der Waals surface area contributed by atoms with Crippen molar-refractivity contribution in [3.63, 3.8) is 0 Å². The SMILES string of the molecule is Cc1ccc(N=C/C(=C\N)C(=O)NCc2nc(C(C)(C)C(F)(F)F)n[nH]2)c(C)c1-c1cnc(N2CCC(CN3CCN(c4cc5c(cc4F)C(=O)N(C4CCC(=O)NC4=O)C5=O)CC3)CC2)nc1. The predicted molar refractivity (Wildman–Crippen MR) is 241 cm³/mol. The number of anilines is 2. The molecule has 1 unspecified atom stereocenters. The minimum absolute atomic E-state index is 0.00245. The lowest BCUT2D eigenvalue weighted by Gasteiger charge is -2.39. The first-order chi connectivity index (χ1) is 32.3. The van der Waals surface area contributed by atoms with E-state index < -0.39 is 58.8 Å². The fourth-order valence-electron chi connectivity index (χ4n) is 8.97. The molecule has 3 fully saturated rings. The Morgan fingerprint density at radius 1 is 0.941 bits per heavy atom. The summed E-state index contributed by atoms with van der Waals surface area (Å²) in [5.41, 5.74) is 7.72. The van der Waals surface area contributed by atoms with Crippen LogP contribution in [0.2, 0.25) is 0 Å². The number of carbonyl (C=O) groups is 5. The number of aryl methyl sites for hydroxylation is 1. The van der Waals surface area contributed by atoms with Crippen LogP contribution in [0.1, 0.15) is 83.0 Å². The van der Waals surface area contributed by atoms with Crippen molar-refractivity contribution in [2.75, 3.05) is 55.6 Å². The fourth-order valence-corrected chi connectivity index (χ4v) is 8.97. The summed E-state index contributed by atoms with van der Waals surface area (Å²) in [4.78, 5) is 88.7. The molecule has 2 aromatic carbocycles. The monoisotopic (exact) mass is 941 g/mol. The molecule has 1 atom stereocenters. The molecule has 4 aliphatic heterocycles. The van der Waals surface area contributed by atoms with Crippen molar-refractivity contribution in [3.8, 4) is 11.1 Å². The lowest BCUT2D eigenvalue weighted by Crippen LogP contribution is -2.54. The maximum atomic E-state index is 15.5. The van der Waals surface area contributed by atoms with E-state index in [1.165, 1.54) is 12.3 Å². The lowest BCUT2D eigenvalue weighted by molar-refractivity contribution is -0.182. The Morgan fingerprint density at radius 3 is 2.26 bits per heavy atom. The van der Waals surface area contributed by atoms with E-state index >= 15 is 4.39 Å². The van der Waals surface area contributed by atoms with Crippen molar-refractivity contribution in [1.29, 1.82) is 0 Å². The van der Waals surface area contributed by atoms with Crippen molar-refractivity contribution in [2.45, 2.75) is 77.6 Å². The molecule has 0 bridgehead atoms. The van der Waals surface area contributed by atoms with Gasteiger partial charge in [-0.25, -0.2) is 19.3 Å². The van der Waals surface area contributed by atoms with E-state index in [9.17, 15) is 37.1 Å². The minimum Gasteiger partial charge on any atom is -0.404 e. The molecule has 0 radical (unpaired) electrons. The number of rotatable bonds is 12. The number of nitrogens with two attached hydrogens (primary N) is 1. The van der Waals surface area contributed by atoms with Crippen LogP contribution in [0.5, 0.6) is 0 Å². The zero-order chi connectivity index (χ0) is 48.7. The summed E-state index contributed by atoms with van der Waals surface area (Å²) >= 11 is 0. The zero-order valence-electron chi connectivity index (χ0n) is 37.9. The number of nitrogens with zero attached hydrogens (tertiary/aromatic N) is 9. The second-order valence-corrected chi connectivity index (χ2v) is 18.0. The number of halogens is 4. The Balaban J connectivity index is 0.818. The predicted octanol–water partition coefficient (Wildman–Crippen LogP) is 4.16. The molecule has 4 aliphatic rings. The highest BCUT2D eigenvalue weighted by molar-refractivity contribution is 6.23. The number of nitrogens with one attached hydrogen (secondary N) is 3. The van der Waals surface area contributed by atoms with Crippen LogP contribution in [0.25, 0.3) is 11.1 Å². The summed E-state index contributed by atoms with van der Waals surface area (Å²) in [6.07, 6.45) is 3.28. The summed E-state index contributed by atoms with van der Waals surface area (Å²) in [5.74, 6) is -3.17. The van der Waals surface area contributed by atoms with Gasteiger partial charge in [-0.2, -0.15) is 18.3 Å². The molecular weight excluding hydrogens is 891 g/mol. The average Bonchev–Trinajstić information content (AvgIpc) is 3.89. The van der Waals surface area contributed by atoms with E-state index in [2.05, 4.69) is 40.6 Å². The van der Waals surface area contributed by atoms with Crippen molar-refractivity contribution < 1.29 is 41.5 Å². The number of amides is 5. The molecular formula is C46H51F4N13O5. The van der Waals surface area contributed by atoms with E-state index in [4.69, 9.17) is 15.7 Å². The molecule has 0 saturated carbocycles. The van der Waals surface area contributed by atoms with Crippen LogP contribution >= 0.6 is 0 Å². The van der Waals surface area contributed by atoms with Gasteiger partial charge in [0, 0.05) is 82.6 Å². The molecule has 18 nitrogen and oxygen atoms in total. The van der Waals surface area contributed by atoms with Gasteiger partial charge < -0.3 is 20.9 Å². The van der Waals surface area contributed by atoms with Gasteiger partial charge in [0.05, 0.1) is 34.6 Å². The highest BCUT2D eigenvalue weighted by atomic mass is 19.4. The van der Waals surface area contributed by atoms with Gasteiger partial charge in [-0.15, -0.1) is 0 Å². The molecule has 22 heteroatoms. The number of imide groups is 2. The third-order valence-corrected chi connectivity index (χ3v) is 13.2. The van der Waals surface area contributed by atoms with Crippen molar-refractivity contribution in [2.24, 2.45) is 16.6 Å². The van der Waals surface area contributed by atoms with E-state index in [1.807, 2.05) is 30.9 Å². The topological polar surface area (TPSA) is 228 Å². The molecule has 8 rings (SSSR count). The van der Waals surface area contributed by atoms with Gasteiger partial charge in [0.25, 0.3) is 17.7 Å². The number of hydrogen-bond donors (Lipinski definition) is 4. The first kappa shape index (κ1) is 47.4. The number of hydrogen-bond acceptors (Lipinski definition) is 14. The Morgan fingerprint density at radius 2 is 1.62 bits per heavy atom. The number of carbonyl (C=O) groups excluding carboxylic acids is 5. The fraction of sp³-hybridized carbons (Fsp3) is 0.435. The maximum Gasteiger partial charge on any atom is 0.401 e. The molecule has 5 N–H and O–H groups in total. The van der Waals surface area contributed by atoms with E-state index in [0.717, 1.165) is 85.7 Å². The van der Waals surface area contributed by atoms with Gasteiger partial charge in [-0.3, -0.25) is 49.2 Å². The lowest BCUT2D eigenvalue weighted by atomic mass is 9.92. The molecule has 0 spiro atoms. The molecule has 5 amide bonds. The average molecular weight is 942 g/mol. The largest absolute Gasteiger partial charge is 0.404 e. The third kappa shape index (κ3) is 9.40. The summed E-state index contributed by atoms with van der Waals surface area (Å²) in [6, 6.07) is 5.08. The summed E-state index contributed by atoms with van der Waals surface area (Å²) in [6.45, 7) is 10.4. The number of alkyl halides is 3. The number of H-pyrrole nitrogens is 1. The van der Waals surface area contributed by atoms with Crippen LogP contribution in [0.15, 0.2) is 53.4 Å². The summed E-state index contributed by atoms with van der Waals surface area (Å²) in [5, 5.41) is 10.9. The van der Waals surface area contributed by atoms with Crippen molar-refractivity contribution in [3.05, 3.63) is 88.2 Å². The smallest absolute Gasteiger partial charge is 0.401 e. The first-order valence-electron chi connectivity index (χ1n) is 22.3. The normalized spacial score (nSPS) is 19.0. The van der Waals surface area contributed by atoms with Crippen LogP contribution in [-0.2, 0) is 26.3 Å². The van der Waals surface area contributed by atoms with Crippen LogP contribution in [-0.4, -0.2) is 129 Å². The molecule has 6 heterocycles. The molecule has 3 saturated heterocycles. The van der Waals surface area contributed by atoms with E-state index in [1.54, 1.807) is 12.4 Å². The molecule has 2 aromatic heterocycles. The number of benzene rings is 2. The van der Waals surface area contributed by atoms with Crippen molar-refractivity contribution in [1.82, 2.24) is 45.6 Å². The number of aromatic nitrogens is 5. The summed E-state index contributed by atoms with van der Waals surface area (Å²) in [7, 11) is 0. The summed E-state index contributed by atoms with van der Waals surface area (Å²) < 4.78 is 55.8. The number of fused-ring (bicyclic) bond motifs is 1. The molecule has 4 aromatic rings. The highest BCUT2D eigenvalue weighted by Gasteiger charge is 2.51. The Bertz CT molecular complexity index is 2700. The highest BCUT2D eigenvalue weighted by Crippen LogP contribution is 2.39. The minimum atomic E-state index is -4.57. The number of aromatic amines is 1. The van der Waals surface area contributed by atoms with Gasteiger partial charge in [-0.1, -0.05) is 6.07 Å². The van der Waals surface area contributed by atoms with E-state index in [0.29, 0.717) is 43.7 Å². The molecule has 0 aliphatic carbocycles. The standard InChI is InChI=1S/C46H51F4N13O5/c1-25-5-6-33(52-20-28(19-51)39(65)53-23-36-56-43(59-58-36)45(3,4)46(48,49)50)26(2)38(25)29-21-54-44(55-22-29)62-11-9-27(10-12-62)24-60-13-15-61(16-14-60)35-18-31-30(17-32(35)47)41(67)63(42(31)68)34-7-8-37(64)57-40(34)66/h5-6,17-22,27,34H,7-16,23-24,51H2,1-4H3,(H,53,65)(H,56,58,59)(H,57,64,66)/b28-19+,52-20?. The number of piperazine rings is 1. The van der Waals surface area contributed by atoms with Gasteiger partial charge >= 0.3 is 6.18 Å². The Kier molecular flexibility index (Phi) is 13.2. The van der Waals surface area contributed by atoms with E-state index in [-0.39, 0.29) is 47.6 Å². The van der Waals surface area contributed by atoms with Crippen LogP contribution in [0.4, 0.5) is 34.9 Å². The number of piperidine rings is 2. The molecule has 358 valence electrons. The van der Waals surface area contributed by atoms with Crippen LogP contribution in [0, 0.1) is 25.6 Å². The quantitative estimate of drug-likeness (QED) is 0.0678. The zero-order valence-corrected chi connectivity index (χ0v) is 37.9. The van der Waals surface area contributed by atoms with Gasteiger partial charge in [0.15, 0.2) is 5.82 Å². The Labute approximate surface area is 388 Å². The van der Waals surface area contributed by atoms with Gasteiger partial charge in [0.1, 0.15) is 23.1 Å². The maximum absolute atomic E-state index is 15.5. The second-order valence-electron chi connectivity index (χ2n) is 18.0.